The van der Waals surface area contributed by atoms with Crippen molar-refractivity contribution in [1.82, 2.24) is 20.3 Å². The number of aryl methyl sites for hydroxylation is 1. The van der Waals surface area contributed by atoms with Gasteiger partial charge in [0.15, 0.2) is 0 Å². The summed E-state index contributed by atoms with van der Waals surface area (Å²) < 4.78 is 15.4. The zero-order valence-corrected chi connectivity index (χ0v) is 10.8. The third-order valence-corrected chi connectivity index (χ3v) is 2.99. The van der Waals surface area contributed by atoms with Crippen LogP contribution in [0.3, 0.4) is 0 Å². The second-order valence-electron chi connectivity index (χ2n) is 4.26. The molecular formula is C13H17FN4. The number of benzene rings is 1. The van der Waals surface area contributed by atoms with Gasteiger partial charge in [-0.15, -0.1) is 5.10 Å². The molecule has 0 spiro atoms. The van der Waals surface area contributed by atoms with Crippen LogP contribution in [0.5, 0.6) is 0 Å². The highest BCUT2D eigenvalue weighted by atomic mass is 19.1. The molecule has 0 bridgehead atoms. The molecule has 0 aliphatic carbocycles. The van der Waals surface area contributed by atoms with Crippen LogP contribution >= 0.6 is 0 Å². The predicted molar refractivity (Wildman–Crippen MR) is 68.5 cm³/mol. The number of hydrogen-bond acceptors (Lipinski definition) is 3. The molecule has 2 rings (SSSR count). The van der Waals surface area contributed by atoms with Gasteiger partial charge in [-0.05, 0) is 31.2 Å². The van der Waals surface area contributed by atoms with Crippen molar-refractivity contribution in [1.29, 1.82) is 0 Å². The summed E-state index contributed by atoms with van der Waals surface area (Å²) >= 11 is 0. The van der Waals surface area contributed by atoms with Crippen molar-refractivity contribution in [2.24, 2.45) is 7.05 Å². The number of nitrogens with one attached hydrogen (secondary N) is 1. The fourth-order valence-corrected chi connectivity index (χ4v) is 1.97. The second kappa shape index (κ2) is 5.27. The van der Waals surface area contributed by atoms with Gasteiger partial charge in [-0.3, -0.25) is 0 Å². The van der Waals surface area contributed by atoms with E-state index in [1.54, 1.807) is 24.0 Å². The van der Waals surface area contributed by atoms with E-state index in [0.717, 1.165) is 12.1 Å². The minimum Gasteiger partial charge on any atom is -0.310 e. The molecular weight excluding hydrogens is 231 g/mol. The molecule has 0 aliphatic heterocycles. The molecule has 0 radical (unpaired) electrons. The molecule has 18 heavy (non-hydrogen) atoms. The van der Waals surface area contributed by atoms with E-state index in [9.17, 15) is 4.39 Å². The van der Waals surface area contributed by atoms with Crippen LogP contribution in [0.1, 0.15) is 25.5 Å². The Bertz CT molecular complexity index is 536. The van der Waals surface area contributed by atoms with Gasteiger partial charge in [-0.1, -0.05) is 18.2 Å². The van der Waals surface area contributed by atoms with Gasteiger partial charge in [0.25, 0.3) is 0 Å². The van der Waals surface area contributed by atoms with Crippen LogP contribution in [0.15, 0.2) is 24.4 Å². The van der Waals surface area contributed by atoms with E-state index < -0.39 is 0 Å². The second-order valence-corrected chi connectivity index (χ2v) is 4.26. The van der Waals surface area contributed by atoms with Crippen molar-refractivity contribution in [3.63, 3.8) is 0 Å². The molecule has 1 atom stereocenters. The summed E-state index contributed by atoms with van der Waals surface area (Å²) in [5.74, 6) is -0.257. The summed E-state index contributed by atoms with van der Waals surface area (Å²) in [6.45, 7) is 4.98. The first kappa shape index (κ1) is 12.7. The zero-order valence-electron chi connectivity index (χ0n) is 10.8. The highest BCUT2D eigenvalue weighted by Gasteiger charge is 2.12. The van der Waals surface area contributed by atoms with Crippen molar-refractivity contribution >= 4 is 0 Å². The maximum atomic E-state index is 13.9. The molecule has 5 heteroatoms. The van der Waals surface area contributed by atoms with Crippen LogP contribution in [-0.4, -0.2) is 21.5 Å². The van der Waals surface area contributed by atoms with Crippen molar-refractivity contribution in [3.8, 4) is 11.3 Å². The normalized spacial score (nSPS) is 12.7. The Labute approximate surface area is 106 Å². The van der Waals surface area contributed by atoms with Crippen molar-refractivity contribution in [2.75, 3.05) is 6.54 Å². The molecule has 0 aliphatic rings. The van der Waals surface area contributed by atoms with E-state index in [2.05, 4.69) is 22.6 Å². The highest BCUT2D eigenvalue weighted by Crippen LogP contribution is 2.25. The average Bonchev–Trinajstić information content (AvgIpc) is 2.76. The minimum absolute atomic E-state index is 0.190. The van der Waals surface area contributed by atoms with E-state index in [0.29, 0.717) is 11.3 Å². The van der Waals surface area contributed by atoms with Crippen LogP contribution in [0.25, 0.3) is 11.3 Å². The summed E-state index contributed by atoms with van der Waals surface area (Å²) in [4.78, 5) is 0. The Balaban J connectivity index is 2.42. The summed E-state index contributed by atoms with van der Waals surface area (Å²) in [7, 11) is 1.75. The molecule has 0 amide bonds. The van der Waals surface area contributed by atoms with E-state index in [-0.39, 0.29) is 11.9 Å². The number of hydrogen-bond donors (Lipinski definition) is 1. The van der Waals surface area contributed by atoms with Gasteiger partial charge < -0.3 is 5.32 Å². The molecule has 1 aromatic heterocycles. The van der Waals surface area contributed by atoms with Crippen LogP contribution in [0.4, 0.5) is 4.39 Å². The largest absolute Gasteiger partial charge is 0.310 e. The first-order valence-corrected chi connectivity index (χ1v) is 6.01. The fourth-order valence-electron chi connectivity index (χ4n) is 1.97. The number of nitrogens with zero attached hydrogens (tertiary/aromatic N) is 3. The SMILES string of the molecule is CCNC(C)c1ccc(F)c(-c2cnnn2C)c1. The Morgan fingerprint density at radius 2 is 2.22 bits per heavy atom. The summed E-state index contributed by atoms with van der Waals surface area (Å²) in [5, 5.41) is 10.9. The minimum atomic E-state index is -0.257. The third-order valence-electron chi connectivity index (χ3n) is 2.99. The topological polar surface area (TPSA) is 42.7 Å². The van der Waals surface area contributed by atoms with E-state index in [4.69, 9.17) is 0 Å². The first-order valence-electron chi connectivity index (χ1n) is 6.01. The lowest BCUT2D eigenvalue weighted by molar-refractivity contribution is 0.592. The van der Waals surface area contributed by atoms with Crippen LogP contribution in [-0.2, 0) is 7.05 Å². The summed E-state index contributed by atoms with van der Waals surface area (Å²) in [5.41, 5.74) is 2.26. The summed E-state index contributed by atoms with van der Waals surface area (Å²) in [6, 6.07) is 5.33. The molecule has 96 valence electrons. The van der Waals surface area contributed by atoms with Gasteiger partial charge in [0.05, 0.1) is 11.9 Å². The maximum absolute atomic E-state index is 13.9. The highest BCUT2D eigenvalue weighted by molar-refractivity contribution is 5.60. The smallest absolute Gasteiger partial charge is 0.132 e. The molecule has 1 aromatic carbocycles. The fraction of sp³-hybridized carbons (Fsp3) is 0.385. The van der Waals surface area contributed by atoms with Crippen LogP contribution in [0, 0.1) is 5.82 Å². The quantitative estimate of drug-likeness (QED) is 0.902. The van der Waals surface area contributed by atoms with E-state index in [1.807, 2.05) is 13.0 Å². The Kier molecular flexibility index (Phi) is 3.72. The van der Waals surface area contributed by atoms with Gasteiger partial charge in [-0.2, -0.15) is 0 Å². The molecule has 0 fully saturated rings. The van der Waals surface area contributed by atoms with Crippen molar-refractivity contribution in [3.05, 3.63) is 35.8 Å². The maximum Gasteiger partial charge on any atom is 0.132 e. The van der Waals surface area contributed by atoms with Crippen molar-refractivity contribution in [2.45, 2.75) is 19.9 Å². The van der Waals surface area contributed by atoms with Gasteiger partial charge in [0, 0.05) is 18.7 Å². The van der Waals surface area contributed by atoms with Gasteiger partial charge >= 0.3 is 0 Å². The lowest BCUT2D eigenvalue weighted by Crippen LogP contribution is -2.17. The van der Waals surface area contributed by atoms with Gasteiger partial charge in [-0.25, -0.2) is 9.07 Å². The molecule has 1 unspecified atom stereocenters. The molecule has 4 nitrogen and oxygen atoms in total. The van der Waals surface area contributed by atoms with Crippen LogP contribution < -0.4 is 5.32 Å². The number of rotatable bonds is 4. The number of aromatic nitrogens is 3. The number of halogens is 1. The molecule has 2 aromatic rings. The Morgan fingerprint density at radius 3 is 2.83 bits per heavy atom. The Morgan fingerprint density at radius 1 is 1.44 bits per heavy atom. The Hall–Kier alpha value is -1.75. The van der Waals surface area contributed by atoms with Gasteiger partial charge in [0.1, 0.15) is 5.82 Å². The first-order chi connectivity index (χ1) is 8.63. The predicted octanol–water partition coefficient (Wildman–Crippen LogP) is 2.29. The van der Waals surface area contributed by atoms with Crippen LogP contribution in [0.2, 0.25) is 0 Å². The molecule has 0 saturated heterocycles. The van der Waals surface area contributed by atoms with Crippen molar-refractivity contribution < 1.29 is 4.39 Å². The van der Waals surface area contributed by atoms with E-state index in [1.165, 1.54) is 6.07 Å². The summed E-state index contributed by atoms with van der Waals surface area (Å²) in [6.07, 6.45) is 1.57. The monoisotopic (exact) mass is 248 g/mol. The van der Waals surface area contributed by atoms with Gasteiger partial charge in [0.2, 0.25) is 0 Å². The lowest BCUT2D eigenvalue weighted by Gasteiger charge is -2.14. The third kappa shape index (κ3) is 2.41. The molecule has 0 saturated carbocycles. The molecule has 1 heterocycles. The van der Waals surface area contributed by atoms with E-state index >= 15 is 0 Å². The standard InChI is InChI=1S/C13H17FN4/c1-4-15-9(2)10-5-6-12(14)11(7-10)13-8-16-17-18(13)3/h5-9,15H,4H2,1-3H3. The molecule has 1 N–H and O–H groups in total. The average molecular weight is 248 g/mol. The zero-order chi connectivity index (χ0) is 13.1. The lowest BCUT2D eigenvalue weighted by atomic mass is 10.0.